The van der Waals surface area contributed by atoms with Gasteiger partial charge in [-0.1, -0.05) is 12.8 Å². The van der Waals surface area contributed by atoms with Crippen LogP contribution in [0.2, 0.25) is 0 Å². The summed E-state index contributed by atoms with van der Waals surface area (Å²) in [6.45, 7) is 8.70. The molecule has 2 aromatic rings. The molecule has 0 amide bonds. The van der Waals surface area contributed by atoms with Crippen molar-refractivity contribution in [3.8, 4) is 0 Å². The van der Waals surface area contributed by atoms with Crippen LogP contribution >= 0.6 is 0 Å². The van der Waals surface area contributed by atoms with Gasteiger partial charge in [-0.2, -0.15) is 5.10 Å². The van der Waals surface area contributed by atoms with Gasteiger partial charge < -0.3 is 5.32 Å². The zero-order chi connectivity index (χ0) is 15.0. The molecule has 114 valence electrons. The molecule has 2 aromatic heterocycles. The van der Waals surface area contributed by atoms with Crippen LogP contribution in [0.1, 0.15) is 62.5 Å². The lowest BCUT2D eigenvalue weighted by Crippen LogP contribution is -2.34. The van der Waals surface area contributed by atoms with E-state index in [2.05, 4.69) is 36.2 Å². The fourth-order valence-corrected chi connectivity index (χ4v) is 3.68. The van der Waals surface area contributed by atoms with Gasteiger partial charge in [0.1, 0.15) is 0 Å². The van der Waals surface area contributed by atoms with E-state index in [1.807, 2.05) is 23.7 Å². The molecular formula is C17H26N4. The van der Waals surface area contributed by atoms with Crippen LogP contribution in [0.3, 0.4) is 0 Å². The van der Waals surface area contributed by atoms with E-state index in [1.54, 1.807) is 0 Å². The third kappa shape index (κ3) is 2.82. The van der Waals surface area contributed by atoms with Crippen molar-refractivity contribution in [3.05, 3.63) is 29.2 Å². The molecule has 0 spiro atoms. The molecule has 2 heterocycles. The van der Waals surface area contributed by atoms with Crippen LogP contribution in [0.15, 0.2) is 12.3 Å². The molecule has 4 heteroatoms. The fraction of sp³-hybridized carbons (Fsp3) is 0.647. The molecule has 1 N–H and O–H groups in total. The van der Waals surface area contributed by atoms with Crippen molar-refractivity contribution in [2.75, 3.05) is 0 Å². The third-order valence-electron chi connectivity index (χ3n) is 4.97. The normalized spacial score (nSPS) is 19.2. The zero-order valence-corrected chi connectivity index (χ0v) is 13.6. The number of nitrogens with one attached hydrogen (secondary N) is 1. The van der Waals surface area contributed by atoms with Crippen LogP contribution < -0.4 is 5.32 Å². The van der Waals surface area contributed by atoms with E-state index in [9.17, 15) is 0 Å². The lowest BCUT2D eigenvalue weighted by atomic mass is 9.98. The van der Waals surface area contributed by atoms with E-state index >= 15 is 0 Å². The topological polar surface area (TPSA) is 42.2 Å². The van der Waals surface area contributed by atoms with Gasteiger partial charge in [0.15, 0.2) is 5.65 Å². The van der Waals surface area contributed by atoms with E-state index in [-0.39, 0.29) is 0 Å². The van der Waals surface area contributed by atoms with Crippen molar-refractivity contribution in [2.45, 2.75) is 65.5 Å². The lowest BCUT2D eigenvalue weighted by Gasteiger charge is -2.25. The number of aromatic nitrogens is 3. The number of fused-ring (bicyclic) bond motifs is 1. The Morgan fingerprint density at radius 1 is 1.24 bits per heavy atom. The quantitative estimate of drug-likeness (QED) is 0.934. The Hall–Kier alpha value is -1.42. The molecular weight excluding hydrogens is 260 g/mol. The number of hydrogen-bond donors (Lipinski definition) is 1. The maximum Gasteiger partial charge on any atom is 0.155 e. The van der Waals surface area contributed by atoms with E-state index < -0.39 is 0 Å². The third-order valence-corrected chi connectivity index (χ3v) is 4.97. The summed E-state index contributed by atoms with van der Waals surface area (Å²) in [5.41, 5.74) is 4.38. The number of aryl methyl sites for hydroxylation is 2. The van der Waals surface area contributed by atoms with Gasteiger partial charge in [-0.05, 0) is 46.5 Å². The van der Waals surface area contributed by atoms with Gasteiger partial charge in [-0.15, -0.1) is 0 Å². The van der Waals surface area contributed by atoms with Gasteiger partial charge in [-0.25, -0.2) is 9.50 Å². The zero-order valence-electron chi connectivity index (χ0n) is 13.6. The van der Waals surface area contributed by atoms with Crippen LogP contribution in [-0.4, -0.2) is 20.6 Å². The first-order valence-electron chi connectivity index (χ1n) is 8.14. The average Bonchev–Trinajstić information content (AvgIpc) is 3.07. The summed E-state index contributed by atoms with van der Waals surface area (Å²) in [4.78, 5) is 4.55. The molecule has 1 aliphatic carbocycles. The van der Waals surface area contributed by atoms with Crippen LogP contribution in [0.5, 0.6) is 0 Å². The molecule has 4 nitrogen and oxygen atoms in total. The molecule has 2 unspecified atom stereocenters. The molecule has 21 heavy (non-hydrogen) atoms. The Kier molecular flexibility index (Phi) is 3.98. The van der Waals surface area contributed by atoms with Crippen molar-refractivity contribution < 1.29 is 0 Å². The molecule has 3 rings (SSSR count). The minimum Gasteiger partial charge on any atom is -0.307 e. The predicted molar refractivity (Wildman–Crippen MR) is 85.4 cm³/mol. The van der Waals surface area contributed by atoms with Crippen molar-refractivity contribution in [1.82, 2.24) is 19.9 Å². The standard InChI is InChI=1S/C17H26N4/c1-11-9-17-18-10-16(14(4)21(17)20-11)13(3)19-12(2)15-7-5-6-8-15/h9-10,12-13,15,19H,5-8H2,1-4H3. The molecule has 1 aliphatic rings. The summed E-state index contributed by atoms with van der Waals surface area (Å²) in [6.07, 6.45) is 7.53. The van der Waals surface area contributed by atoms with Gasteiger partial charge in [0.05, 0.1) is 5.69 Å². The monoisotopic (exact) mass is 286 g/mol. The Morgan fingerprint density at radius 3 is 2.67 bits per heavy atom. The van der Waals surface area contributed by atoms with Crippen molar-refractivity contribution in [3.63, 3.8) is 0 Å². The van der Waals surface area contributed by atoms with Gasteiger partial charge in [-0.3, -0.25) is 0 Å². The molecule has 0 aromatic carbocycles. The summed E-state index contributed by atoms with van der Waals surface area (Å²) < 4.78 is 1.96. The lowest BCUT2D eigenvalue weighted by molar-refractivity contribution is 0.351. The summed E-state index contributed by atoms with van der Waals surface area (Å²) >= 11 is 0. The van der Waals surface area contributed by atoms with Gasteiger partial charge in [0, 0.05) is 35.6 Å². The minimum absolute atomic E-state index is 0.307. The first-order valence-corrected chi connectivity index (χ1v) is 8.14. The summed E-state index contributed by atoms with van der Waals surface area (Å²) in [7, 11) is 0. The highest BCUT2D eigenvalue weighted by atomic mass is 15.3. The summed E-state index contributed by atoms with van der Waals surface area (Å²) in [5.74, 6) is 0.830. The molecule has 0 saturated heterocycles. The van der Waals surface area contributed by atoms with Crippen LogP contribution in [-0.2, 0) is 0 Å². The van der Waals surface area contributed by atoms with Crippen molar-refractivity contribution in [1.29, 1.82) is 0 Å². The Balaban J connectivity index is 1.80. The second-order valence-corrected chi connectivity index (χ2v) is 6.58. The molecule has 1 fully saturated rings. The highest BCUT2D eigenvalue weighted by Crippen LogP contribution is 2.29. The largest absolute Gasteiger partial charge is 0.307 e. The van der Waals surface area contributed by atoms with Crippen molar-refractivity contribution in [2.24, 2.45) is 5.92 Å². The second kappa shape index (κ2) is 5.76. The summed E-state index contributed by atoms with van der Waals surface area (Å²) in [5, 5.41) is 8.31. The Bertz CT molecular complexity index is 625. The molecule has 0 radical (unpaired) electrons. The van der Waals surface area contributed by atoms with E-state index in [4.69, 9.17) is 0 Å². The maximum atomic E-state index is 4.55. The number of nitrogens with zero attached hydrogens (tertiary/aromatic N) is 3. The van der Waals surface area contributed by atoms with Crippen LogP contribution in [0.4, 0.5) is 0 Å². The fourth-order valence-electron chi connectivity index (χ4n) is 3.68. The van der Waals surface area contributed by atoms with Gasteiger partial charge >= 0.3 is 0 Å². The van der Waals surface area contributed by atoms with Crippen LogP contribution in [0, 0.1) is 19.8 Å². The highest BCUT2D eigenvalue weighted by Gasteiger charge is 2.23. The number of rotatable bonds is 4. The molecule has 0 aliphatic heterocycles. The Labute approximate surface area is 127 Å². The SMILES string of the molecule is Cc1cc2ncc(C(C)NC(C)C3CCCC3)c(C)n2n1. The van der Waals surface area contributed by atoms with E-state index in [1.165, 1.54) is 36.9 Å². The number of hydrogen-bond acceptors (Lipinski definition) is 3. The van der Waals surface area contributed by atoms with Crippen LogP contribution in [0.25, 0.3) is 5.65 Å². The van der Waals surface area contributed by atoms with E-state index in [0.29, 0.717) is 12.1 Å². The smallest absolute Gasteiger partial charge is 0.155 e. The maximum absolute atomic E-state index is 4.55. The first kappa shape index (κ1) is 14.5. The van der Waals surface area contributed by atoms with Gasteiger partial charge in [0.25, 0.3) is 0 Å². The highest BCUT2D eigenvalue weighted by molar-refractivity contribution is 5.42. The molecule has 2 atom stereocenters. The second-order valence-electron chi connectivity index (χ2n) is 6.58. The first-order chi connectivity index (χ1) is 10.1. The molecule has 1 saturated carbocycles. The average molecular weight is 286 g/mol. The minimum atomic E-state index is 0.307. The van der Waals surface area contributed by atoms with Gasteiger partial charge in [0.2, 0.25) is 0 Å². The van der Waals surface area contributed by atoms with Crippen molar-refractivity contribution >= 4 is 5.65 Å². The molecule has 0 bridgehead atoms. The Morgan fingerprint density at radius 2 is 1.95 bits per heavy atom. The summed E-state index contributed by atoms with van der Waals surface area (Å²) in [6, 6.07) is 2.90. The predicted octanol–water partition coefficient (Wildman–Crippen LogP) is 3.58. The van der Waals surface area contributed by atoms with E-state index in [0.717, 1.165) is 17.3 Å².